The van der Waals surface area contributed by atoms with Gasteiger partial charge in [0.1, 0.15) is 5.82 Å². The molecule has 0 atom stereocenters. The number of carbonyl (C=O) groups excluding carboxylic acids is 1. The summed E-state index contributed by atoms with van der Waals surface area (Å²) in [7, 11) is 1.24. The van der Waals surface area contributed by atoms with E-state index in [1.165, 1.54) is 7.11 Å². The Hall–Kier alpha value is -1.09. The molecular formula is C9H8ClFO2. The summed E-state index contributed by atoms with van der Waals surface area (Å²) in [4.78, 5) is 11.1. The second-order valence-electron chi connectivity index (χ2n) is 2.55. The molecule has 1 aromatic carbocycles. The summed E-state index contributed by atoms with van der Waals surface area (Å²) < 4.78 is 17.3. The predicted molar refractivity (Wildman–Crippen MR) is 47.5 cm³/mol. The minimum Gasteiger partial charge on any atom is -0.465 e. The molecule has 0 saturated heterocycles. The summed E-state index contributed by atoms with van der Waals surface area (Å²) in [6, 6.07) is 2.26. The van der Waals surface area contributed by atoms with Gasteiger partial charge in [-0.15, -0.1) is 0 Å². The molecule has 0 amide bonds. The third-order valence-corrected chi connectivity index (χ3v) is 2.11. The van der Waals surface area contributed by atoms with Crippen LogP contribution in [0.25, 0.3) is 0 Å². The summed E-state index contributed by atoms with van der Waals surface area (Å²) in [5.74, 6) is -1.13. The molecule has 70 valence electrons. The predicted octanol–water partition coefficient (Wildman–Crippen LogP) is 2.57. The average molecular weight is 203 g/mol. The first kappa shape index (κ1) is 9.99. The van der Waals surface area contributed by atoms with Crippen molar-refractivity contribution in [3.05, 3.63) is 34.1 Å². The van der Waals surface area contributed by atoms with E-state index in [0.29, 0.717) is 5.56 Å². The van der Waals surface area contributed by atoms with Gasteiger partial charge in [0, 0.05) is 5.02 Å². The number of rotatable bonds is 1. The van der Waals surface area contributed by atoms with Crippen molar-refractivity contribution in [3.8, 4) is 0 Å². The third kappa shape index (κ3) is 1.98. The first-order valence-corrected chi connectivity index (χ1v) is 3.98. The monoisotopic (exact) mass is 202 g/mol. The Kier molecular flexibility index (Phi) is 2.88. The molecule has 0 aliphatic rings. The lowest BCUT2D eigenvalue weighted by molar-refractivity contribution is 0.0599. The maximum absolute atomic E-state index is 12.8. The van der Waals surface area contributed by atoms with E-state index in [0.717, 1.165) is 12.1 Å². The van der Waals surface area contributed by atoms with Gasteiger partial charge >= 0.3 is 5.97 Å². The van der Waals surface area contributed by atoms with Gasteiger partial charge in [0.25, 0.3) is 0 Å². The molecule has 0 bridgehead atoms. The van der Waals surface area contributed by atoms with Crippen molar-refractivity contribution in [1.29, 1.82) is 0 Å². The molecule has 0 N–H and O–H groups in total. The van der Waals surface area contributed by atoms with E-state index in [1.54, 1.807) is 6.92 Å². The lowest BCUT2D eigenvalue weighted by Crippen LogP contribution is -2.04. The van der Waals surface area contributed by atoms with Crippen molar-refractivity contribution in [2.75, 3.05) is 7.11 Å². The minimum atomic E-state index is -0.584. The molecule has 4 heteroatoms. The molecular weight excluding hydrogens is 195 g/mol. The van der Waals surface area contributed by atoms with Crippen LogP contribution < -0.4 is 0 Å². The smallest absolute Gasteiger partial charge is 0.338 e. The second-order valence-corrected chi connectivity index (χ2v) is 2.96. The number of hydrogen-bond acceptors (Lipinski definition) is 2. The molecule has 0 spiro atoms. The van der Waals surface area contributed by atoms with Crippen molar-refractivity contribution in [3.63, 3.8) is 0 Å². The van der Waals surface area contributed by atoms with Crippen molar-refractivity contribution in [1.82, 2.24) is 0 Å². The highest BCUT2D eigenvalue weighted by Crippen LogP contribution is 2.21. The molecule has 0 aliphatic heterocycles. The number of halogens is 2. The van der Waals surface area contributed by atoms with E-state index >= 15 is 0 Å². The highest BCUT2D eigenvalue weighted by Gasteiger charge is 2.13. The highest BCUT2D eigenvalue weighted by atomic mass is 35.5. The number of hydrogen-bond donors (Lipinski definition) is 0. The average Bonchev–Trinajstić information content (AvgIpc) is 2.10. The number of benzene rings is 1. The van der Waals surface area contributed by atoms with Gasteiger partial charge in [-0.1, -0.05) is 11.6 Å². The van der Waals surface area contributed by atoms with Crippen LogP contribution in [0.4, 0.5) is 4.39 Å². The van der Waals surface area contributed by atoms with Gasteiger partial charge in [-0.05, 0) is 24.6 Å². The molecule has 0 fully saturated rings. The zero-order chi connectivity index (χ0) is 10.0. The summed E-state index contributed by atoms with van der Waals surface area (Å²) in [5, 5.41) is 0.223. The maximum atomic E-state index is 12.8. The lowest BCUT2D eigenvalue weighted by atomic mass is 10.1. The fourth-order valence-corrected chi connectivity index (χ4v) is 1.17. The first-order chi connectivity index (χ1) is 6.06. The van der Waals surface area contributed by atoms with Gasteiger partial charge in [-0.25, -0.2) is 9.18 Å². The quantitative estimate of drug-likeness (QED) is 0.655. The molecule has 13 heavy (non-hydrogen) atoms. The van der Waals surface area contributed by atoms with Crippen LogP contribution in [-0.2, 0) is 4.74 Å². The Bertz CT molecular complexity index is 350. The van der Waals surface area contributed by atoms with Gasteiger partial charge in [0.2, 0.25) is 0 Å². The van der Waals surface area contributed by atoms with Crippen LogP contribution >= 0.6 is 11.6 Å². The van der Waals surface area contributed by atoms with Gasteiger partial charge in [-0.3, -0.25) is 0 Å². The SMILES string of the molecule is COC(=O)c1cc(F)cc(Cl)c1C. The van der Waals surface area contributed by atoms with Gasteiger partial charge in [-0.2, -0.15) is 0 Å². The highest BCUT2D eigenvalue weighted by molar-refractivity contribution is 6.31. The van der Waals surface area contributed by atoms with Crippen LogP contribution in [0.2, 0.25) is 5.02 Å². The maximum Gasteiger partial charge on any atom is 0.338 e. The molecule has 0 radical (unpaired) electrons. The summed E-state index contributed by atoms with van der Waals surface area (Å²) in [6.07, 6.45) is 0. The molecule has 0 heterocycles. The van der Waals surface area contributed by atoms with E-state index in [1.807, 2.05) is 0 Å². The van der Waals surface area contributed by atoms with Crippen molar-refractivity contribution < 1.29 is 13.9 Å². The Morgan fingerprint density at radius 2 is 2.15 bits per heavy atom. The van der Waals surface area contributed by atoms with Crippen LogP contribution in [0.1, 0.15) is 15.9 Å². The van der Waals surface area contributed by atoms with E-state index < -0.39 is 11.8 Å². The molecule has 1 aromatic rings. The summed E-state index contributed by atoms with van der Waals surface area (Å²) in [6.45, 7) is 1.63. The van der Waals surface area contributed by atoms with Crippen molar-refractivity contribution >= 4 is 17.6 Å². The first-order valence-electron chi connectivity index (χ1n) is 3.60. The number of esters is 1. The number of carbonyl (C=O) groups is 1. The van der Waals surface area contributed by atoms with E-state index in [2.05, 4.69) is 4.74 Å². The fraction of sp³-hybridized carbons (Fsp3) is 0.222. The van der Waals surface area contributed by atoms with Crippen LogP contribution in [-0.4, -0.2) is 13.1 Å². The zero-order valence-electron chi connectivity index (χ0n) is 7.23. The van der Waals surface area contributed by atoms with E-state index in [4.69, 9.17) is 11.6 Å². The third-order valence-electron chi connectivity index (χ3n) is 1.71. The summed E-state index contributed by atoms with van der Waals surface area (Å²) in [5.41, 5.74) is 0.683. The van der Waals surface area contributed by atoms with E-state index in [-0.39, 0.29) is 10.6 Å². The topological polar surface area (TPSA) is 26.3 Å². The van der Waals surface area contributed by atoms with Crippen LogP contribution in [0, 0.1) is 12.7 Å². The number of methoxy groups -OCH3 is 1. The van der Waals surface area contributed by atoms with Gasteiger partial charge < -0.3 is 4.74 Å². The standard InChI is InChI=1S/C9H8ClFO2/c1-5-7(9(12)13-2)3-6(11)4-8(5)10/h3-4H,1-2H3. The van der Waals surface area contributed by atoms with E-state index in [9.17, 15) is 9.18 Å². The Morgan fingerprint density at radius 3 is 2.69 bits per heavy atom. The van der Waals surface area contributed by atoms with Gasteiger partial charge in [0.05, 0.1) is 12.7 Å². The molecule has 0 saturated carbocycles. The molecule has 0 aromatic heterocycles. The normalized spacial score (nSPS) is 9.85. The van der Waals surface area contributed by atoms with Crippen LogP contribution in [0.5, 0.6) is 0 Å². The van der Waals surface area contributed by atoms with Crippen LogP contribution in [0.3, 0.4) is 0 Å². The van der Waals surface area contributed by atoms with Crippen molar-refractivity contribution in [2.45, 2.75) is 6.92 Å². The largest absolute Gasteiger partial charge is 0.465 e. The zero-order valence-corrected chi connectivity index (χ0v) is 7.98. The second kappa shape index (κ2) is 3.75. The Morgan fingerprint density at radius 1 is 1.54 bits per heavy atom. The minimum absolute atomic E-state index is 0.160. The molecule has 0 aliphatic carbocycles. The molecule has 2 nitrogen and oxygen atoms in total. The van der Waals surface area contributed by atoms with Crippen LogP contribution in [0.15, 0.2) is 12.1 Å². The summed E-state index contributed by atoms with van der Waals surface area (Å²) >= 11 is 5.67. The van der Waals surface area contributed by atoms with Gasteiger partial charge in [0.15, 0.2) is 0 Å². The number of ether oxygens (including phenoxy) is 1. The molecule has 0 unspecified atom stereocenters. The lowest BCUT2D eigenvalue weighted by Gasteiger charge is -2.05. The molecule has 1 rings (SSSR count). The Balaban J connectivity index is 3.28. The Labute approximate surface area is 80.3 Å². The van der Waals surface area contributed by atoms with Crippen molar-refractivity contribution in [2.24, 2.45) is 0 Å². The fourth-order valence-electron chi connectivity index (χ4n) is 0.968.